The molecule has 1 aliphatic heterocycles. The van der Waals surface area contributed by atoms with Crippen LogP contribution in [0.2, 0.25) is 0 Å². The van der Waals surface area contributed by atoms with E-state index in [1.165, 1.54) is 0 Å². The molecule has 0 bridgehead atoms. The number of benzene rings is 2. The second kappa shape index (κ2) is 6.12. The van der Waals surface area contributed by atoms with Gasteiger partial charge in [-0.15, -0.1) is 0 Å². The van der Waals surface area contributed by atoms with Crippen LogP contribution in [0.25, 0.3) is 11.6 Å². The van der Waals surface area contributed by atoms with E-state index in [1.54, 1.807) is 19.3 Å². The zero-order chi connectivity index (χ0) is 15.5. The number of hydrogen-bond acceptors (Lipinski definition) is 4. The van der Waals surface area contributed by atoms with Crippen LogP contribution in [-0.2, 0) is 0 Å². The molecule has 0 radical (unpaired) electrons. The molecule has 0 N–H and O–H groups in total. The Hall–Kier alpha value is -2.45. The summed E-state index contributed by atoms with van der Waals surface area (Å²) in [5, 5.41) is 9.44. The minimum atomic E-state index is 0.198. The van der Waals surface area contributed by atoms with Crippen LogP contribution in [-0.4, -0.2) is 13.9 Å². The molecule has 1 aliphatic rings. The highest BCUT2D eigenvalue weighted by Gasteiger charge is 2.17. The summed E-state index contributed by atoms with van der Waals surface area (Å²) >= 11 is 3.39. The molecular weight excluding hydrogens is 346 g/mol. The molecule has 3 rings (SSSR count). The van der Waals surface area contributed by atoms with E-state index in [9.17, 15) is 5.26 Å². The minimum absolute atomic E-state index is 0.198. The maximum Gasteiger partial charge on any atom is 0.231 e. The fourth-order valence-electron chi connectivity index (χ4n) is 2.19. The summed E-state index contributed by atoms with van der Waals surface area (Å²) in [6.07, 6.45) is 1.78. The van der Waals surface area contributed by atoms with Crippen molar-refractivity contribution >= 4 is 27.6 Å². The number of nitrogens with zero attached hydrogens (tertiary/aromatic N) is 1. The van der Waals surface area contributed by atoms with Crippen LogP contribution in [0.1, 0.15) is 11.1 Å². The minimum Gasteiger partial charge on any atom is -0.496 e. The summed E-state index contributed by atoms with van der Waals surface area (Å²) in [6.45, 7) is 0.198. The number of hydrogen-bond donors (Lipinski definition) is 0. The molecule has 2 aromatic carbocycles. The topological polar surface area (TPSA) is 51.5 Å². The fourth-order valence-corrected chi connectivity index (χ4v) is 2.46. The van der Waals surface area contributed by atoms with Crippen LogP contribution in [0.4, 0.5) is 0 Å². The Morgan fingerprint density at radius 3 is 2.55 bits per heavy atom. The summed E-state index contributed by atoms with van der Waals surface area (Å²) in [5.74, 6) is 1.94. The Morgan fingerprint density at radius 1 is 1.23 bits per heavy atom. The Bertz CT molecular complexity index is 776. The lowest BCUT2D eigenvalue weighted by Crippen LogP contribution is -1.92. The molecule has 0 saturated heterocycles. The predicted molar refractivity (Wildman–Crippen MR) is 86.7 cm³/mol. The van der Waals surface area contributed by atoms with Crippen LogP contribution in [0.3, 0.4) is 0 Å². The molecule has 1 heterocycles. The zero-order valence-electron chi connectivity index (χ0n) is 11.8. The number of allylic oxidation sites excluding steroid dienone is 1. The van der Waals surface area contributed by atoms with Crippen molar-refractivity contribution in [2.75, 3.05) is 13.9 Å². The van der Waals surface area contributed by atoms with Gasteiger partial charge in [-0.1, -0.05) is 28.1 Å². The summed E-state index contributed by atoms with van der Waals surface area (Å²) < 4.78 is 17.1. The van der Waals surface area contributed by atoms with Crippen molar-refractivity contribution in [3.05, 3.63) is 52.0 Å². The molecule has 0 atom stereocenters. The van der Waals surface area contributed by atoms with Gasteiger partial charge in [0.05, 0.1) is 18.8 Å². The van der Waals surface area contributed by atoms with Gasteiger partial charge in [-0.05, 0) is 29.8 Å². The van der Waals surface area contributed by atoms with Gasteiger partial charge in [0.2, 0.25) is 6.79 Å². The van der Waals surface area contributed by atoms with Crippen LogP contribution >= 0.6 is 15.9 Å². The highest BCUT2D eigenvalue weighted by Crippen LogP contribution is 2.39. The zero-order valence-corrected chi connectivity index (χ0v) is 13.4. The number of fused-ring (bicyclic) bond motifs is 1. The highest BCUT2D eigenvalue weighted by atomic mass is 79.9. The Kier molecular flexibility index (Phi) is 4.03. The van der Waals surface area contributed by atoms with E-state index in [1.807, 2.05) is 30.3 Å². The van der Waals surface area contributed by atoms with Crippen molar-refractivity contribution < 1.29 is 14.2 Å². The fraction of sp³-hybridized carbons (Fsp3) is 0.118. The second-order valence-corrected chi connectivity index (χ2v) is 5.54. The lowest BCUT2D eigenvalue weighted by Gasteiger charge is -2.07. The molecule has 0 aromatic heterocycles. The molecule has 22 heavy (non-hydrogen) atoms. The van der Waals surface area contributed by atoms with Gasteiger partial charge in [0.25, 0.3) is 0 Å². The van der Waals surface area contributed by atoms with Crippen molar-refractivity contribution in [3.63, 3.8) is 0 Å². The standard InChI is InChI=1S/C17H12BrNO3/c1-20-15-8-17-16(21-10-22-17)7-12(15)6-13(9-19)11-2-4-14(18)5-3-11/h2-8H,10H2,1H3. The maximum absolute atomic E-state index is 9.44. The molecule has 110 valence electrons. The van der Waals surface area contributed by atoms with Crippen molar-refractivity contribution in [2.24, 2.45) is 0 Å². The average molecular weight is 358 g/mol. The van der Waals surface area contributed by atoms with Gasteiger partial charge < -0.3 is 14.2 Å². The molecule has 2 aromatic rings. The lowest BCUT2D eigenvalue weighted by atomic mass is 10.0. The van der Waals surface area contributed by atoms with Crippen molar-refractivity contribution in [1.82, 2.24) is 0 Å². The van der Waals surface area contributed by atoms with Gasteiger partial charge in [0.1, 0.15) is 5.75 Å². The summed E-state index contributed by atoms with van der Waals surface area (Å²) in [7, 11) is 1.58. The van der Waals surface area contributed by atoms with Crippen LogP contribution < -0.4 is 14.2 Å². The predicted octanol–water partition coefficient (Wildman–Crippen LogP) is 4.25. The first kappa shape index (κ1) is 14.5. The summed E-state index contributed by atoms with van der Waals surface area (Å²) in [5.41, 5.74) is 2.15. The molecule has 4 nitrogen and oxygen atoms in total. The molecule has 5 heteroatoms. The third kappa shape index (κ3) is 2.78. The van der Waals surface area contributed by atoms with Gasteiger partial charge in [0.15, 0.2) is 11.5 Å². The third-order valence-corrected chi connectivity index (χ3v) is 3.83. The number of methoxy groups -OCH3 is 1. The third-order valence-electron chi connectivity index (χ3n) is 3.30. The number of ether oxygens (including phenoxy) is 3. The highest BCUT2D eigenvalue weighted by molar-refractivity contribution is 9.10. The number of nitriles is 1. The molecule has 0 spiro atoms. The van der Waals surface area contributed by atoms with E-state index < -0.39 is 0 Å². The van der Waals surface area contributed by atoms with E-state index in [0.717, 1.165) is 15.6 Å². The summed E-state index contributed by atoms with van der Waals surface area (Å²) in [6, 6.07) is 13.4. The van der Waals surface area contributed by atoms with Crippen molar-refractivity contribution in [2.45, 2.75) is 0 Å². The first-order valence-corrected chi connectivity index (χ1v) is 7.36. The average Bonchev–Trinajstić information content (AvgIpc) is 2.99. The quantitative estimate of drug-likeness (QED) is 0.608. The Labute approximate surface area is 136 Å². The maximum atomic E-state index is 9.44. The van der Waals surface area contributed by atoms with Gasteiger partial charge >= 0.3 is 0 Å². The first-order valence-electron chi connectivity index (χ1n) is 6.56. The molecule has 0 fully saturated rings. The van der Waals surface area contributed by atoms with Crippen molar-refractivity contribution in [3.8, 4) is 23.3 Å². The normalized spacial score (nSPS) is 12.9. The second-order valence-electron chi connectivity index (χ2n) is 4.62. The van der Waals surface area contributed by atoms with Gasteiger partial charge in [-0.2, -0.15) is 5.26 Å². The number of rotatable bonds is 3. The SMILES string of the molecule is COc1cc2c(cc1C=C(C#N)c1ccc(Br)cc1)OCO2. The lowest BCUT2D eigenvalue weighted by molar-refractivity contribution is 0.174. The van der Waals surface area contributed by atoms with Gasteiger partial charge in [-0.25, -0.2) is 0 Å². The van der Waals surface area contributed by atoms with E-state index in [2.05, 4.69) is 22.0 Å². The Morgan fingerprint density at radius 2 is 1.91 bits per heavy atom. The molecular formula is C17H12BrNO3. The Balaban J connectivity index is 2.06. The van der Waals surface area contributed by atoms with Gasteiger partial charge in [0, 0.05) is 16.1 Å². The first-order chi connectivity index (χ1) is 10.7. The summed E-state index contributed by atoms with van der Waals surface area (Å²) in [4.78, 5) is 0. The van der Waals surface area contributed by atoms with Crippen LogP contribution in [0.15, 0.2) is 40.9 Å². The molecule has 0 aliphatic carbocycles. The molecule has 0 unspecified atom stereocenters. The van der Waals surface area contributed by atoms with Crippen LogP contribution in [0.5, 0.6) is 17.2 Å². The van der Waals surface area contributed by atoms with Crippen molar-refractivity contribution in [1.29, 1.82) is 5.26 Å². The largest absolute Gasteiger partial charge is 0.496 e. The van der Waals surface area contributed by atoms with Crippen LogP contribution in [0, 0.1) is 11.3 Å². The van der Waals surface area contributed by atoms with E-state index in [0.29, 0.717) is 22.8 Å². The smallest absolute Gasteiger partial charge is 0.231 e. The number of halogens is 1. The molecule has 0 saturated carbocycles. The van der Waals surface area contributed by atoms with E-state index in [-0.39, 0.29) is 6.79 Å². The van der Waals surface area contributed by atoms with E-state index >= 15 is 0 Å². The monoisotopic (exact) mass is 357 g/mol. The van der Waals surface area contributed by atoms with E-state index in [4.69, 9.17) is 14.2 Å². The van der Waals surface area contributed by atoms with Gasteiger partial charge in [-0.3, -0.25) is 0 Å². The molecule has 0 amide bonds.